The fraction of sp³-hybridized carbons (Fsp3) is 1.00. The van der Waals surface area contributed by atoms with E-state index >= 15 is 0 Å². The van der Waals surface area contributed by atoms with Crippen LogP contribution in [-0.2, 0) is 0 Å². The molecule has 12 heavy (non-hydrogen) atoms. The number of aliphatic hydroxyl groups excluding tert-OH is 1. The van der Waals surface area contributed by atoms with Crippen LogP contribution in [0.4, 0.5) is 0 Å². The predicted molar refractivity (Wildman–Crippen MR) is 52.0 cm³/mol. The maximum absolute atomic E-state index is 9.45. The second-order valence-corrected chi connectivity index (χ2v) is 3.61. The van der Waals surface area contributed by atoms with Crippen molar-refractivity contribution in [1.82, 2.24) is 5.32 Å². The van der Waals surface area contributed by atoms with Gasteiger partial charge in [0.15, 0.2) is 0 Å². The van der Waals surface area contributed by atoms with E-state index in [1.54, 1.807) is 0 Å². The van der Waals surface area contributed by atoms with E-state index in [4.69, 9.17) is 5.73 Å². The van der Waals surface area contributed by atoms with Crippen LogP contribution in [0.1, 0.15) is 26.7 Å². The molecule has 0 fully saturated rings. The molecule has 0 radical (unpaired) electrons. The highest BCUT2D eigenvalue weighted by molar-refractivity contribution is 4.60. The summed E-state index contributed by atoms with van der Waals surface area (Å²) in [7, 11) is 0. The summed E-state index contributed by atoms with van der Waals surface area (Å²) in [6.45, 7) is 6.62. The van der Waals surface area contributed by atoms with Gasteiger partial charge < -0.3 is 16.2 Å². The molecule has 0 aromatic rings. The van der Waals surface area contributed by atoms with Gasteiger partial charge in [-0.3, -0.25) is 0 Å². The standard InChI is InChI=1S/C9H22N2O/c1-8(2)7-9(12)3-5-11-6-4-10/h8-9,11-12H,3-7,10H2,1-2H3/t9-/m1/s1. The predicted octanol–water partition coefficient (Wildman–Crippen LogP) is 0.332. The summed E-state index contributed by atoms with van der Waals surface area (Å²) >= 11 is 0. The Bertz CT molecular complexity index is 96.5. The first-order valence-electron chi connectivity index (χ1n) is 4.75. The molecule has 4 N–H and O–H groups in total. The molecule has 0 aromatic heterocycles. The molecule has 0 unspecified atom stereocenters. The van der Waals surface area contributed by atoms with Crippen LogP contribution in [0.15, 0.2) is 0 Å². The van der Waals surface area contributed by atoms with Crippen molar-refractivity contribution >= 4 is 0 Å². The number of aliphatic hydroxyl groups is 1. The van der Waals surface area contributed by atoms with Crippen molar-refractivity contribution in [3.63, 3.8) is 0 Å². The Morgan fingerprint density at radius 3 is 2.50 bits per heavy atom. The Labute approximate surface area is 75.3 Å². The lowest BCUT2D eigenvalue weighted by Gasteiger charge is -2.12. The molecule has 0 aliphatic rings. The summed E-state index contributed by atoms with van der Waals surface area (Å²) in [5, 5.41) is 12.6. The van der Waals surface area contributed by atoms with Crippen LogP contribution in [0.3, 0.4) is 0 Å². The van der Waals surface area contributed by atoms with Gasteiger partial charge in [-0.1, -0.05) is 13.8 Å². The first kappa shape index (κ1) is 11.9. The molecule has 0 saturated carbocycles. The second-order valence-electron chi connectivity index (χ2n) is 3.61. The molecule has 0 saturated heterocycles. The molecule has 3 nitrogen and oxygen atoms in total. The summed E-state index contributed by atoms with van der Waals surface area (Å²) < 4.78 is 0. The zero-order valence-corrected chi connectivity index (χ0v) is 8.21. The van der Waals surface area contributed by atoms with Crippen LogP contribution >= 0.6 is 0 Å². The van der Waals surface area contributed by atoms with Gasteiger partial charge in [0.1, 0.15) is 0 Å². The highest BCUT2D eigenvalue weighted by Crippen LogP contribution is 2.06. The van der Waals surface area contributed by atoms with Crippen LogP contribution in [0.25, 0.3) is 0 Å². The van der Waals surface area contributed by atoms with E-state index in [1.807, 2.05) is 0 Å². The van der Waals surface area contributed by atoms with E-state index in [1.165, 1.54) is 0 Å². The smallest absolute Gasteiger partial charge is 0.0554 e. The molecule has 0 rings (SSSR count). The van der Waals surface area contributed by atoms with Crippen LogP contribution in [0, 0.1) is 5.92 Å². The molecule has 74 valence electrons. The van der Waals surface area contributed by atoms with Crippen molar-refractivity contribution in [2.24, 2.45) is 11.7 Å². The van der Waals surface area contributed by atoms with E-state index in [0.29, 0.717) is 12.5 Å². The minimum absolute atomic E-state index is 0.157. The van der Waals surface area contributed by atoms with Gasteiger partial charge in [-0.15, -0.1) is 0 Å². The van der Waals surface area contributed by atoms with Crippen molar-refractivity contribution in [3.8, 4) is 0 Å². The normalized spacial score (nSPS) is 13.8. The molecule has 0 bridgehead atoms. The van der Waals surface area contributed by atoms with Gasteiger partial charge in [0.2, 0.25) is 0 Å². The first-order chi connectivity index (χ1) is 5.66. The molecule has 0 heterocycles. The van der Waals surface area contributed by atoms with Crippen molar-refractivity contribution in [2.75, 3.05) is 19.6 Å². The van der Waals surface area contributed by atoms with Gasteiger partial charge in [-0.2, -0.15) is 0 Å². The van der Waals surface area contributed by atoms with E-state index in [2.05, 4.69) is 19.2 Å². The fourth-order valence-electron chi connectivity index (χ4n) is 1.16. The van der Waals surface area contributed by atoms with E-state index in [-0.39, 0.29) is 6.10 Å². The Kier molecular flexibility index (Phi) is 7.45. The van der Waals surface area contributed by atoms with Crippen molar-refractivity contribution in [2.45, 2.75) is 32.8 Å². The molecule has 0 spiro atoms. The van der Waals surface area contributed by atoms with Gasteiger partial charge in [0.05, 0.1) is 6.10 Å². The molecular weight excluding hydrogens is 152 g/mol. The van der Waals surface area contributed by atoms with E-state index < -0.39 is 0 Å². The van der Waals surface area contributed by atoms with Crippen LogP contribution < -0.4 is 11.1 Å². The molecule has 0 amide bonds. The average Bonchev–Trinajstić information content (AvgIpc) is 1.97. The summed E-state index contributed by atoms with van der Waals surface area (Å²) in [5.41, 5.74) is 5.30. The lowest BCUT2D eigenvalue weighted by atomic mass is 10.0. The zero-order chi connectivity index (χ0) is 9.40. The maximum atomic E-state index is 9.45. The van der Waals surface area contributed by atoms with Crippen molar-refractivity contribution < 1.29 is 5.11 Å². The van der Waals surface area contributed by atoms with Crippen LogP contribution in [0.5, 0.6) is 0 Å². The zero-order valence-electron chi connectivity index (χ0n) is 8.21. The highest BCUT2D eigenvalue weighted by Gasteiger charge is 2.05. The molecule has 3 heteroatoms. The molecule has 0 aromatic carbocycles. The summed E-state index contributed by atoms with van der Waals surface area (Å²) in [6.07, 6.45) is 1.57. The minimum atomic E-state index is -0.157. The van der Waals surface area contributed by atoms with E-state index in [0.717, 1.165) is 25.9 Å². The monoisotopic (exact) mass is 174 g/mol. The minimum Gasteiger partial charge on any atom is -0.393 e. The summed E-state index contributed by atoms with van der Waals surface area (Å²) in [5.74, 6) is 0.578. The topological polar surface area (TPSA) is 58.3 Å². The van der Waals surface area contributed by atoms with E-state index in [9.17, 15) is 5.11 Å². The average molecular weight is 174 g/mol. The summed E-state index contributed by atoms with van der Waals surface area (Å²) in [6, 6.07) is 0. The van der Waals surface area contributed by atoms with Gasteiger partial charge in [-0.25, -0.2) is 0 Å². The van der Waals surface area contributed by atoms with Crippen molar-refractivity contribution in [3.05, 3.63) is 0 Å². The van der Waals surface area contributed by atoms with Crippen LogP contribution in [0.2, 0.25) is 0 Å². The Hall–Kier alpha value is -0.120. The third-order valence-electron chi connectivity index (χ3n) is 1.72. The van der Waals surface area contributed by atoms with Crippen molar-refractivity contribution in [1.29, 1.82) is 0 Å². The number of nitrogens with one attached hydrogen (secondary N) is 1. The fourth-order valence-corrected chi connectivity index (χ4v) is 1.16. The molecule has 1 atom stereocenters. The first-order valence-corrected chi connectivity index (χ1v) is 4.75. The molecule has 0 aliphatic carbocycles. The summed E-state index contributed by atoms with van der Waals surface area (Å²) in [4.78, 5) is 0. The number of hydrogen-bond donors (Lipinski definition) is 3. The Morgan fingerprint density at radius 2 is 2.00 bits per heavy atom. The number of rotatable bonds is 7. The lowest BCUT2D eigenvalue weighted by molar-refractivity contribution is 0.139. The van der Waals surface area contributed by atoms with Gasteiger partial charge in [0, 0.05) is 13.1 Å². The third kappa shape index (κ3) is 7.98. The number of hydrogen-bond acceptors (Lipinski definition) is 3. The third-order valence-corrected chi connectivity index (χ3v) is 1.72. The van der Waals surface area contributed by atoms with Gasteiger partial charge >= 0.3 is 0 Å². The molecular formula is C9H22N2O. The van der Waals surface area contributed by atoms with Crippen LogP contribution in [-0.4, -0.2) is 30.8 Å². The maximum Gasteiger partial charge on any atom is 0.0554 e. The largest absolute Gasteiger partial charge is 0.393 e. The second kappa shape index (κ2) is 7.53. The molecule has 0 aliphatic heterocycles. The quantitative estimate of drug-likeness (QED) is 0.488. The van der Waals surface area contributed by atoms with Gasteiger partial charge in [0.25, 0.3) is 0 Å². The highest BCUT2D eigenvalue weighted by atomic mass is 16.3. The Morgan fingerprint density at radius 1 is 1.33 bits per heavy atom. The number of nitrogens with two attached hydrogens (primary N) is 1. The Balaban J connectivity index is 3.14. The lowest BCUT2D eigenvalue weighted by Crippen LogP contribution is -2.26. The SMILES string of the molecule is CC(C)C[C@H](O)CCNCCN. The van der Waals surface area contributed by atoms with Gasteiger partial charge in [-0.05, 0) is 25.3 Å².